The van der Waals surface area contributed by atoms with Crippen LogP contribution in [0.4, 0.5) is 0 Å². The predicted molar refractivity (Wildman–Crippen MR) is 96.0 cm³/mol. The number of amides is 2. The van der Waals surface area contributed by atoms with Gasteiger partial charge in [0.25, 0.3) is 17.4 Å². The van der Waals surface area contributed by atoms with Crippen LogP contribution < -0.4 is 5.56 Å². The molecule has 7 heteroatoms. The first-order valence-electron chi connectivity index (χ1n) is 8.28. The van der Waals surface area contributed by atoms with Gasteiger partial charge in [0, 0.05) is 11.6 Å². The van der Waals surface area contributed by atoms with Crippen molar-refractivity contribution < 1.29 is 19.2 Å². The van der Waals surface area contributed by atoms with Crippen LogP contribution in [0.15, 0.2) is 65.6 Å². The predicted octanol–water partition coefficient (Wildman–Crippen LogP) is 2.32. The van der Waals surface area contributed by atoms with E-state index in [0.29, 0.717) is 10.4 Å². The molecule has 1 atom stereocenters. The Morgan fingerprint density at radius 2 is 1.48 bits per heavy atom. The number of aromatic nitrogens is 1. The van der Waals surface area contributed by atoms with Crippen LogP contribution in [0.1, 0.15) is 33.7 Å². The molecule has 2 amide bonds. The molecule has 27 heavy (non-hydrogen) atoms. The fraction of sp³-hybridized carbons (Fsp3) is 0.100. The number of rotatable bonds is 3. The number of benzene rings is 2. The van der Waals surface area contributed by atoms with Crippen molar-refractivity contribution in [3.05, 3.63) is 82.3 Å². The van der Waals surface area contributed by atoms with E-state index in [2.05, 4.69) is 0 Å². The number of hydrogen-bond acceptors (Lipinski definition) is 5. The van der Waals surface area contributed by atoms with E-state index < -0.39 is 23.8 Å². The molecule has 2 aromatic carbocycles. The van der Waals surface area contributed by atoms with E-state index in [1.54, 1.807) is 36.4 Å². The molecular weight excluding hydrogens is 348 g/mol. The summed E-state index contributed by atoms with van der Waals surface area (Å²) in [6.07, 6.45) is 1.49. The molecule has 0 bridgehead atoms. The number of hydrogen-bond donors (Lipinski definition) is 0. The minimum absolute atomic E-state index is 0.172. The molecule has 1 aromatic heterocycles. The van der Waals surface area contributed by atoms with E-state index in [9.17, 15) is 19.2 Å². The van der Waals surface area contributed by atoms with E-state index in [-0.39, 0.29) is 16.7 Å². The minimum atomic E-state index is -1.02. The maximum Gasteiger partial charge on any atom is 0.355 e. The van der Waals surface area contributed by atoms with Crippen molar-refractivity contribution in [3.63, 3.8) is 0 Å². The van der Waals surface area contributed by atoms with Gasteiger partial charge in [-0.15, -0.1) is 0 Å². The molecule has 0 spiro atoms. The Morgan fingerprint density at radius 1 is 0.889 bits per heavy atom. The average molecular weight is 362 g/mol. The van der Waals surface area contributed by atoms with Gasteiger partial charge in [0.1, 0.15) is 6.04 Å². The van der Waals surface area contributed by atoms with Crippen LogP contribution >= 0.6 is 0 Å². The maximum atomic E-state index is 12.6. The molecule has 3 aromatic rings. The Hall–Kier alpha value is -3.74. The number of hydroxylamine groups is 2. The summed E-state index contributed by atoms with van der Waals surface area (Å²) in [5.74, 6) is -2.30. The second-order valence-corrected chi connectivity index (χ2v) is 6.15. The summed E-state index contributed by atoms with van der Waals surface area (Å²) in [5.41, 5.74) is -0.0171. The monoisotopic (exact) mass is 362 g/mol. The number of nitrogens with zero attached hydrogens (tertiary/aromatic N) is 2. The summed E-state index contributed by atoms with van der Waals surface area (Å²) in [5, 5.41) is 1.65. The third-order valence-electron chi connectivity index (χ3n) is 4.54. The summed E-state index contributed by atoms with van der Waals surface area (Å²) >= 11 is 0. The number of imide groups is 1. The van der Waals surface area contributed by atoms with E-state index in [1.807, 2.05) is 6.07 Å². The van der Waals surface area contributed by atoms with Crippen LogP contribution in [0.2, 0.25) is 0 Å². The molecule has 2 heterocycles. The van der Waals surface area contributed by atoms with Crippen molar-refractivity contribution in [2.45, 2.75) is 13.0 Å². The fourth-order valence-corrected chi connectivity index (χ4v) is 3.04. The van der Waals surface area contributed by atoms with Crippen LogP contribution in [0.25, 0.3) is 10.8 Å². The molecule has 0 saturated heterocycles. The summed E-state index contributed by atoms with van der Waals surface area (Å²) in [7, 11) is 0. The number of fused-ring (bicyclic) bond motifs is 2. The topological polar surface area (TPSA) is 85.7 Å². The summed E-state index contributed by atoms with van der Waals surface area (Å²) in [6.45, 7) is 1.47. The van der Waals surface area contributed by atoms with Crippen LogP contribution in [0.5, 0.6) is 0 Å². The van der Waals surface area contributed by atoms with Crippen molar-refractivity contribution in [2.24, 2.45) is 0 Å². The third-order valence-corrected chi connectivity index (χ3v) is 4.54. The Bertz CT molecular complexity index is 1130. The summed E-state index contributed by atoms with van der Waals surface area (Å²) < 4.78 is 1.21. The lowest BCUT2D eigenvalue weighted by molar-refractivity contribution is -0.172. The number of pyridine rings is 1. The zero-order valence-electron chi connectivity index (χ0n) is 14.3. The summed E-state index contributed by atoms with van der Waals surface area (Å²) in [6, 6.07) is 13.9. The molecule has 1 aliphatic rings. The molecule has 4 rings (SSSR count). The highest BCUT2D eigenvalue weighted by atomic mass is 16.7. The van der Waals surface area contributed by atoms with Gasteiger partial charge < -0.3 is 9.40 Å². The van der Waals surface area contributed by atoms with Crippen molar-refractivity contribution in [1.82, 2.24) is 9.63 Å². The van der Waals surface area contributed by atoms with Gasteiger partial charge in [0.05, 0.1) is 11.1 Å². The van der Waals surface area contributed by atoms with Gasteiger partial charge in [0.2, 0.25) is 0 Å². The highest BCUT2D eigenvalue weighted by Gasteiger charge is 2.39. The maximum absolute atomic E-state index is 12.6. The third kappa shape index (κ3) is 2.60. The first-order chi connectivity index (χ1) is 13.0. The Morgan fingerprint density at radius 3 is 2.15 bits per heavy atom. The molecule has 1 aliphatic heterocycles. The van der Waals surface area contributed by atoms with Crippen molar-refractivity contribution in [1.29, 1.82) is 0 Å². The van der Waals surface area contributed by atoms with E-state index in [4.69, 9.17) is 4.84 Å². The van der Waals surface area contributed by atoms with Gasteiger partial charge in [-0.3, -0.25) is 14.4 Å². The highest BCUT2D eigenvalue weighted by molar-refractivity contribution is 6.20. The Balaban J connectivity index is 1.61. The summed E-state index contributed by atoms with van der Waals surface area (Å²) in [4.78, 5) is 54.8. The van der Waals surface area contributed by atoms with Crippen LogP contribution in [0, 0.1) is 0 Å². The molecule has 0 aliphatic carbocycles. The van der Waals surface area contributed by atoms with E-state index >= 15 is 0 Å². The number of carbonyl (C=O) groups is 3. The molecule has 0 N–H and O–H groups in total. The Labute approximate surface area is 153 Å². The molecule has 0 radical (unpaired) electrons. The quantitative estimate of drug-likeness (QED) is 0.668. The number of carbonyl (C=O) groups excluding carboxylic acids is 3. The highest BCUT2D eigenvalue weighted by Crippen LogP contribution is 2.23. The van der Waals surface area contributed by atoms with Gasteiger partial charge >= 0.3 is 5.97 Å². The van der Waals surface area contributed by atoms with Gasteiger partial charge in [-0.1, -0.05) is 35.4 Å². The SMILES string of the molecule is CC(C(=O)ON1C(=O)c2ccccc2C1=O)n1ccc2ccccc2c1=O. The zero-order chi connectivity index (χ0) is 19.1. The average Bonchev–Trinajstić information content (AvgIpc) is 2.93. The molecule has 0 saturated carbocycles. The van der Waals surface area contributed by atoms with Crippen LogP contribution in [-0.2, 0) is 9.63 Å². The Kier molecular flexibility index (Phi) is 3.84. The van der Waals surface area contributed by atoms with E-state index in [1.165, 1.54) is 29.8 Å². The lowest BCUT2D eigenvalue weighted by Gasteiger charge is -2.18. The molecule has 1 unspecified atom stereocenters. The largest absolute Gasteiger partial charge is 0.355 e. The standard InChI is InChI=1S/C20H14N2O5/c1-12(21-11-10-13-6-2-3-7-14(13)17(21)23)20(26)27-22-18(24)15-8-4-5-9-16(15)19(22)25/h2-12H,1H3. The second-order valence-electron chi connectivity index (χ2n) is 6.15. The molecule has 7 nitrogen and oxygen atoms in total. The second kappa shape index (κ2) is 6.21. The van der Waals surface area contributed by atoms with Crippen molar-refractivity contribution >= 4 is 28.6 Å². The normalized spacial score (nSPS) is 14.3. The lowest BCUT2D eigenvalue weighted by atomic mass is 10.1. The first kappa shape index (κ1) is 16.7. The van der Waals surface area contributed by atoms with Crippen LogP contribution in [-0.4, -0.2) is 27.4 Å². The zero-order valence-corrected chi connectivity index (χ0v) is 14.3. The fourth-order valence-electron chi connectivity index (χ4n) is 3.04. The van der Waals surface area contributed by atoms with Crippen LogP contribution in [0.3, 0.4) is 0 Å². The smallest absolute Gasteiger partial charge is 0.327 e. The lowest BCUT2D eigenvalue weighted by Crippen LogP contribution is -2.37. The van der Waals surface area contributed by atoms with E-state index in [0.717, 1.165) is 5.39 Å². The molecule has 0 fully saturated rings. The van der Waals surface area contributed by atoms with Gasteiger partial charge in [-0.2, -0.15) is 0 Å². The minimum Gasteiger partial charge on any atom is -0.327 e. The van der Waals surface area contributed by atoms with Crippen molar-refractivity contribution in [2.75, 3.05) is 0 Å². The molecule has 134 valence electrons. The van der Waals surface area contributed by atoms with Gasteiger partial charge in [-0.05, 0) is 36.6 Å². The van der Waals surface area contributed by atoms with Gasteiger partial charge in [0.15, 0.2) is 0 Å². The first-order valence-corrected chi connectivity index (χ1v) is 8.28. The molecular formula is C20H14N2O5. The van der Waals surface area contributed by atoms with Crippen molar-refractivity contribution in [3.8, 4) is 0 Å². The van der Waals surface area contributed by atoms with Gasteiger partial charge in [-0.25, -0.2) is 4.79 Å².